The molecule has 0 saturated heterocycles. The molecular weight excluding hydrogens is 298 g/mol. The van der Waals surface area contributed by atoms with E-state index in [1.165, 1.54) is 0 Å². The molecule has 1 aromatic carbocycles. The first-order valence-electron chi connectivity index (χ1n) is 2.65. The minimum Gasteiger partial charge on any atom is -0.323 e. The molecule has 0 amide bonds. The van der Waals surface area contributed by atoms with Crippen LogP contribution < -0.4 is 11.3 Å². The summed E-state index contributed by atoms with van der Waals surface area (Å²) >= 11 is 7.97. The molecule has 11 heavy (non-hydrogen) atoms. The molecule has 0 heterocycles. The van der Waals surface area contributed by atoms with Gasteiger partial charge in [-0.25, -0.2) is 0 Å². The van der Waals surface area contributed by atoms with Crippen LogP contribution in [0.1, 0.15) is 0 Å². The van der Waals surface area contributed by atoms with Crippen LogP contribution in [0, 0.1) is 3.57 Å². The van der Waals surface area contributed by atoms with Gasteiger partial charge in [-0.05, 0) is 40.8 Å². The fraction of sp³-hybridized carbons (Fsp3) is 0. The first-order chi connectivity index (χ1) is 4.74. The smallest absolute Gasteiger partial charge is 0.0672 e. The molecule has 0 fully saturated rings. The van der Waals surface area contributed by atoms with E-state index in [-0.39, 0.29) is 12.4 Å². The van der Waals surface area contributed by atoms with Gasteiger partial charge in [0.2, 0.25) is 0 Å². The molecule has 0 spiro atoms. The summed E-state index contributed by atoms with van der Waals surface area (Å²) in [5.41, 5.74) is 3.24. The van der Waals surface area contributed by atoms with Crippen LogP contribution in [0.5, 0.6) is 0 Å². The second kappa shape index (κ2) is 5.03. The summed E-state index contributed by atoms with van der Waals surface area (Å²) in [5.74, 6) is 5.16. The lowest BCUT2D eigenvalue weighted by Crippen LogP contribution is -2.06. The fourth-order valence-electron chi connectivity index (χ4n) is 0.607. The maximum Gasteiger partial charge on any atom is 0.0672 e. The molecule has 2 nitrogen and oxygen atoms in total. The highest BCUT2D eigenvalue weighted by atomic mass is 127. The van der Waals surface area contributed by atoms with Crippen molar-refractivity contribution in [2.45, 2.75) is 0 Å². The molecule has 5 heteroatoms. The van der Waals surface area contributed by atoms with Crippen LogP contribution >= 0.6 is 46.6 Å². The van der Waals surface area contributed by atoms with Crippen molar-refractivity contribution >= 4 is 52.3 Å². The van der Waals surface area contributed by atoms with Gasteiger partial charge in [0.15, 0.2) is 0 Å². The van der Waals surface area contributed by atoms with Gasteiger partial charge in [-0.1, -0.05) is 11.6 Å². The van der Waals surface area contributed by atoms with Crippen LogP contribution in [0.15, 0.2) is 18.2 Å². The van der Waals surface area contributed by atoms with Gasteiger partial charge in [0.25, 0.3) is 0 Å². The van der Waals surface area contributed by atoms with Gasteiger partial charge in [0.05, 0.1) is 10.7 Å². The molecule has 0 aromatic heterocycles. The number of nitrogen functional groups attached to an aromatic ring is 1. The van der Waals surface area contributed by atoms with Gasteiger partial charge in [0, 0.05) is 3.57 Å². The van der Waals surface area contributed by atoms with Crippen LogP contribution in [-0.2, 0) is 0 Å². The number of hydrogen-bond acceptors (Lipinski definition) is 2. The minimum absolute atomic E-state index is 0. The summed E-state index contributed by atoms with van der Waals surface area (Å²) in [6.45, 7) is 0. The van der Waals surface area contributed by atoms with Gasteiger partial charge < -0.3 is 5.43 Å². The Morgan fingerprint density at radius 1 is 1.45 bits per heavy atom. The molecule has 0 aliphatic carbocycles. The summed E-state index contributed by atoms with van der Waals surface area (Å²) < 4.78 is 1.10. The van der Waals surface area contributed by atoms with Crippen molar-refractivity contribution in [1.29, 1.82) is 0 Å². The van der Waals surface area contributed by atoms with E-state index in [1.807, 2.05) is 18.2 Å². The molecule has 0 radical (unpaired) electrons. The van der Waals surface area contributed by atoms with Gasteiger partial charge in [0.1, 0.15) is 0 Å². The van der Waals surface area contributed by atoms with E-state index in [1.54, 1.807) is 0 Å². The lowest BCUT2D eigenvalue weighted by Gasteiger charge is -2.01. The SMILES string of the molecule is Cl.NNc1ccc(I)cc1Cl. The Hall–Kier alpha value is 0.290. The quantitative estimate of drug-likeness (QED) is 0.475. The van der Waals surface area contributed by atoms with Gasteiger partial charge >= 0.3 is 0 Å². The maximum atomic E-state index is 5.78. The Bertz CT molecular complexity index is 242. The molecule has 0 unspecified atom stereocenters. The number of hydrogen-bond donors (Lipinski definition) is 2. The number of rotatable bonds is 1. The first kappa shape index (κ1) is 11.3. The predicted molar refractivity (Wildman–Crippen MR) is 59.2 cm³/mol. The average molecular weight is 305 g/mol. The number of halogens is 3. The maximum absolute atomic E-state index is 5.78. The van der Waals surface area contributed by atoms with Gasteiger partial charge in [-0.15, -0.1) is 12.4 Å². The van der Waals surface area contributed by atoms with Crippen molar-refractivity contribution in [1.82, 2.24) is 0 Å². The molecule has 0 aliphatic rings. The van der Waals surface area contributed by atoms with E-state index in [2.05, 4.69) is 28.0 Å². The molecule has 0 bridgehead atoms. The zero-order valence-electron chi connectivity index (χ0n) is 5.47. The fourth-order valence-corrected chi connectivity index (χ4v) is 1.52. The standard InChI is InChI=1S/C6H6ClIN2.ClH/c7-5-3-4(8)1-2-6(5)10-9;/h1-3,10H,9H2;1H. The highest BCUT2D eigenvalue weighted by Gasteiger charge is 1.96. The molecule has 62 valence electrons. The Morgan fingerprint density at radius 3 is 2.55 bits per heavy atom. The third kappa shape index (κ3) is 3.02. The molecule has 1 rings (SSSR count). The van der Waals surface area contributed by atoms with Crippen molar-refractivity contribution in [3.8, 4) is 0 Å². The Labute approximate surface area is 90.0 Å². The number of anilines is 1. The van der Waals surface area contributed by atoms with Crippen molar-refractivity contribution in [3.05, 3.63) is 26.8 Å². The second-order valence-electron chi connectivity index (χ2n) is 1.77. The second-order valence-corrected chi connectivity index (χ2v) is 3.42. The lowest BCUT2D eigenvalue weighted by atomic mass is 10.3. The first-order valence-corrected chi connectivity index (χ1v) is 4.11. The predicted octanol–water partition coefficient (Wildman–Crippen LogP) is 2.65. The van der Waals surface area contributed by atoms with E-state index >= 15 is 0 Å². The Balaban J connectivity index is 0.000001000. The Morgan fingerprint density at radius 2 is 2.09 bits per heavy atom. The lowest BCUT2D eigenvalue weighted by molar-refractivity contribution is 1.35. The van der Waals surface area contributed by atoms with Crippen LogP contribution in [0.3, 0.4) is 0 Å². The van der Waals surface area contributed by atoms with E-state index in [4.69, 9.17) is 17.4 Å². The van der Waals surface area contributed by atoms with Crippen LogP contribution in [0.2, 0.25) is 5.02 Å². The van der Waals surface area contributed by atoms with Crippen LogP contribution in [0.4, 0.5) is 5.69 Å². The minimum atomic E-state index is 0. The third-order valence-electron chi connectivity index (χ3n) is 1.09. The molecule has 0 aliphatic heterocycles. The van der Waals surface area contributed by atoms with E-state index < -0.39 is 0 Å². The summed E-state index contributed by atoms with van der Waals surface area (Å²) in [6, 6.07) is 5.61. The third-order valence-corrected chi connectivity index (χ3v) is 2.07. The summed E-state index contributed by atoms with van der Waals surface area (Å²) in [4.78, 5) is 0. The monoisotopic (exact) mass is 304 g/mol. The van der Waals surface area contributed by atoms with E-state index in [9.17, 15) is 0 Å². The van der Waals surface area contributed by atoms with Crippen LogP contribution in [0.25, 0.3) is 0 Å². The van der Waals surface area contributed by atoms with Gasteiger partial charge in [-0.2, -0.15) is 0 Å². The average Bonchev–Trinajstić information content (AvgIpc) is 1.88. The zero-order chi connectivity index (χ0) is 7.56. The van der Waals surface area contributed by atoms with Crippen molar-refractivity contribution in [2.24, 2.45) is 5.84 Å². The highest BCUT2D eigenvalue weighted by Crippen LogP contribution is 2.22. The highest BCUT2D eigenvalue weighted by molar-refractivity contribution is 14.1. The normalized spacial score (nSPS) is 8.64. The topological polar surface area (TPSA) is 38.0 Å². The summed E-state index contributed by atoms with van der Waals surface area (Å²) in [5, 5.41) is 0.648. The van der Waals surface area contributed by atoms with E-state index in [0.717, 1.165) is 9.26 Å². The number of nitrogens with one attached hydrogen (secondary N) is 1. The van der Waals surface area contributed by atoms with Crippen molar-refractivity contribution < 1.29 is 0 Å². The molecule has 1 aromatic rings. The van der Waals surface area contributed by atoms with Crippen molar-refractivity contribution in [2.75, 3.05) is 5.43 Å². The zero-order valence-corrected chi connectivity index (χ0v) is 9.20. The molecule has 0 saturated carbocycles. The largest absolute Gasteiger partial charge is 0.323 e. The Kier molecular flexibility index (Phi) is 5.16. The number of nitrogens with two attached hydrogens (primary N) is 1. The summed E-state index contributed by atoms with van der Waals surface area (Å²) in [7, 11) is 0. The van der Waals surface area contributed by atoms with E-state index in [0.29, 0.717) is 5.02 Å². The molecule has 3 N–H and O–H groups in total. The van der Waals surface area contributed by atoms with Gasteiger partial charge in [-0.3, -0.25) is 5.84 Å². The van der Waals surface area contributed by atoms with Crippen LogP contribution in [-0.4, -0.2) is 0 Å². The summed E-state index contributed by atoms with van der Waals surface area (Å²) in [6.07, 6.45) is 0. The van der Waals surface area contributed by atoms with Crippen molar-refractivity contribution in [3.63, 3.8) is 0 Å². The molecular formula is C6H7Cl2IN2. The molecule has 0 atom stereocenters. The number of benzene rings is 1. The number of hydrazine groups is 1.